The van der Waals surface area contributed by atoms with E-state index in [4.69, 9.17) is 4.74 Å². The highest BCUT2D eigenvalue weighted by molar-refractivity contribution is 4.93. The monoisotopic (exact) mass is 282 g/mol. The average Bonchev–Trinajstić information content (AvgIpc) is 2.82. The summed E-state index contributed by atoms with van der Waals surface area (Å²) in [6.45, 7) is 13.1. The molecule has 0 aliphatic rings. The van der Waals surface area contributed by atoms with Crippen molar-refractivity contribution in [2.75, 3.05) is 26.3 Å². The van der Waals surface area contributed by atoms with Crippen LogP contribution < -0.4 is 5.32 Å². The molecule has 0 saturated carbocycles. The quantitative estimate of drug-likeness (QED) is 0.669. The summed E-state index contributed by atoms with van der Waals surface area (Å²) in [4.78, 5) is 0. The van der Waals surface area contributed by atoms with Crippen LogP contribution in [0.4, 0.5) is 0 Å². The van der Waals surface area contributed by atoms with E-state index in [0.717, 1.165) is 51.2 Å². The Hall–Kier alpha value is -0.940. The normalized spacial score (nSPS) is 12.0. The third-order valence-electron chi connectivity index (χ3n) is 3.03. The minimum Gasteiger partial charge on any atom is -0.378 e. The molecular weight excluding hydrogens is 252 g/mol. The average molecular weight is 282 g/mol. The first-order valence-corrected chi connectivity index (χ1v) is 7.69. The fourth-order valence-corrected chi connectivity index (χ4v) is 1.77. The van der Waals surface area contributed by atoms with E-state index >= 15 is 0 Å². The van der Waals surface area contributed by atoms with E-state index in [2.05, 4.69) is 43.3 Å². The third-order valence-corrected chi connectivity index (χ3v) is 3.03. The topological polar surface area (TPSA) is 52.0 Å². The fourth-order valence-electron chi connectivity index (χ4n) is 1.77. The molecule has 1 aromatic rings. The summed E-state index contributed by atoms with van der Waals surface area (Å²) in [5.41, 5.74) is 1.42. The Morgan fingerprint density at radius 2 is 2.05 bits per heavy atom. The minimum atomic E-state index is 0.346. The van der Waals surface area contributed by atoms with Crippen LogP contribution >= 0.6 is 0 Å². The van der Waals surface area contributed by atoms with Crippen LogP contribution in [0.25, 0.3) is 0 Å². The maximum atomic E-state index is 5.56. The molecule has 0 fully saturated rings. The van der Waals surface area contributed by atoms with Crippen molar-refractivity contribution in [1.82, 2.24) is 20.3 Å². The van der Waals surface area contributed by atoms with Crippen molar-refractivity contribution < 1.29 is 4.74 Å². The summed E-state index contributed by atoms with van der Waals surface area (Å²) >= 11 is 0. The maximum Gasteiger partial charge on any atom is 0.0827 e. The SMILES string of the molecule is CCCNCCOCCn1cc(CCC(C)(C)C)nn1. The molecule has 0 radical (unpaired) electrons. The summed E-state index contributed by atoms with van der Waals surface area (Å²) in [5, 5.41) is 11.6. The summed E-state index contributed by atoms with van der Waals surface area (Å²) in [7, 11) is 0. The number of nitrogens with zero attached hydrogens (tertiary/aromatic N) is 3. The molecule has 1 aromatic heterocycles. The second-order valence-corrected chi connectivity index (χ2v) is 6.40. The number of nitrogens with one attached hydrogen (secondary N) is 1. The van der Waals surface area contributed by atoms with Gasteiger partial charge in [0.2, 0.25) is 0 Å². The fraction of sp³-hybridized carbons (Fsp3) is 0.867. The van der Waals surface area contributed by atoms with Gasteiger partial charge < -0.3 is 10.1 Å². The molecule has 0 aliphatic heterocycles. The molecule has 5 heteroatoms. The van der Waals surface area contributed by atoms with Crippen molar-refractivity contribution in [3.05, 3.63) is 11.9 Å². The molecule has 0 spiro atoms. The third kappa shape index (κ3) is 8.27. The molecule has 1 N–H and O–H groups in total. The molecule has 0 unspecified atom stereocenters. The molecule has 0 aliphatic carbocycles. The van der Waals surface area contributed by atoms with Crippen molar-refractivity contribution in [3.8, 4) is 0 Å². The molecule has 0 saturated heterocycles. The second-order valence-electron chi connectivity index (χ2n) is 6.40. The smallest absolute Gasteiger partial charge is 0.0827 e. The predicted molar refractivity (Wildman–Crippen MR) is 81.8 cm³/mol. The van der Waals surface area contributed by atoms with Crippen LogP contribution in [0.2, 0.25) is 0 Å². The molecule has 1 rings (SSSR count). The van der Waals surface area contributed by atoms with E-state index in [9.17, 15) is 0 Å². The van der Waals surface area contributed by atoms with Gasteiger partial charge in [-0.2, -0.15) is 0 Å². The first-order valence-electron chi connectivity index (χ1n) is 7.69. The van der Waals surface area contributed by atoms with Crippen LogP contribution in [0.3, 0.4) is 0 Å². The van der Waals surface area contributed by atoms with Crippen molar-refractivity contribution in [3.63, 3.8) is 0 Å². The summed E-state index contributed by atoms with van der Waals surface area (Å²) in [5.74, 6) is 0. The van der Waals surface area contributed by atoms with E-state index in [-0.39, 0.29) is 0 Å². The number of ether oxygens (including phenoxy) is 1. The Kier molecular flexibility index (Phi) is 7.77. The van der Waals surface area contributed by atoms with Gasteiger partial charge in [0.15, 0.2) is 0 Å². The highest BCUT2D eigenvalue weighted by Gasteiger charge is 2.11. The molecule has 0 amide bonds. The lowest BCUT2D eigenvalue weighted by Gasteiger charge is -2.16. The summed E-state index contributed by atoms with van der Waals surface area (Å²) < 4.78 is 7.43. The van der Waals surface area contributed by atoms with Crippen LogP contribution in [0.1, 0.15) is 46.2 Å². The Morgan fingerprint density at radius 3 is 2.75 bits per heavy atom. The Balaban J connectivity index is 2.11. The number of hydrogen-bond acceptors (Lipinski definition) is 4. The van der Waals surface area contributed by atoms with E-state index in [1.165, 1.54) is 0 Å². The van der Waals surface area contributed by atoms with Gasteiger partial charge in [0.1, 0.15) is 0 Å². The van der Waals surface area contributed by atoms with Crippen molar-refractivity contribution in [2.24, 2.45) is 5.41 Å². The summed E-state index contributed by atoms with van der Waals surface area (Å²) in [6.07, 6.45) is 5.32. The number of aryl methyl sites for hydroxylation is 1. The van der Waals surface area contributed by atoms with Gasteiger partial charge in [0.25, 0.3) is 0 Å². The first-order chi connectivity index (χ1) is 9.51. The van der Waals surface area contributed by atoms with Gasteiger partial charge in [-0.15, -0.1) is 5.10 Å². The van der Waals surface area contributed by atoms with Crippen molar-refractivity contribution in [1.29, 1.82) is 0 Å². The van der Waals surface area contributed by atoms with E-state index in [0.29, 0.717) is 12.0 Å². The molecule has 116 valence electrons. The lowest BCUT2D eigenvalue weighted by Crippen LogP contribution is -2.21. The Labute approximate surface area is 123 Å². The largest absolute Gasteiger partial charge is 0.378 e. The van der Waals surface area contributed by atoms with Gasteiger partial charge in [-0.05, 0) is 31.2 Å². The van der Waals surface area contributed by atoms with Crippen LogP contribution in [-0.4, -0.2) is 41.3 Å². The van der Waals surface area contributed by atoms with Crippen LogP contribution in [0, 0.1) is 5.41 Å². The molecular formula is C15H30N4O. The van der Waals surface area contributed by atoms with Gasteiger partial charge in [0, 0.05) is 12.7 Å². The lowest BCUT2D eigenvalue weighted by atomic mass is 9.90. The van der Waals surface area contributed by atoms with Gasteiger partial charge >= 0.3 is 0 Å². The van der Waals surface area contributed by atoms with Crippen LogP contribution in [0.5, 0.6) is 0 Å². The zero-order valence-electron chi connectivity index (χ0n) is 13.5. The molecule has 0 aromatic carbocycles. The molecule has 0 bridgehead atoms. The van der Waals surface area contributed by atoms with Gasteiger partial charge in [-0.3, -0.25) is 0 Å². The highest BCUT2D eigenvalue weighted by Crippen LogP contribution is 2.20. The molecule has 0 atom stereocenters. The predicted octanol–water partition coefficient (Wildman–Crippen LogP) is 2.27. The van der Waals surface area contributed by atoms with E-state index < -0.39 is 0 Å². The number of aromatic nitrogens is 3. The molecule has 5 nitrogen and oxygen atoms in total. The van der Waals surface area contributed by atoms with Crippen LogP contribution in [-0.2, 0) is 17.7 Å². The molecule has 1 heterocycles. The number of rotatable bonds is 10. The Bertz CT molecular complexity index is 357. The van der Waals surface area contributed by atoms with Gasteiger partial charge in [0.05, 0.1) is 25.5 Å². The van der Waals surface area contributed by atoms with E-state index in [1.54, 1.807) is 0 Å². The first kappa shape index (κ1) is 17.1. The molecule has 20 heavy (non-hydrogen) atoms. The van der Waals surface area contributed by atoms with Gasteiger partial charge in [-0.25, -0.2) is 4.68 Å². The van der Waals surface area contributed by atoms with Crippen molar-refractivity contribution >= 4 is 0 Å². The standard InChI is InChI=1S/C15H30N4O/c1-5-8-16-9-11-20-12-10-19-13-14(17-18-19)6-7-15(2,3)4/h13,16H,5-12H2,1-4H3. The zero-order chi connectivity index (χ0) is 14.8. The minimum absolute atomic E-state index is 0.346. The summed E-state index contributed by atoms with van der Waals surface area (Å²) in [6, 6.07) is 0. The number of hydrogen-bond donors (Lipinski definition) is 1. The maximum absolute atomic E-state index is 5.56. The second kappa shape index (κ2) is 9.08. The Morgan fingerprint density at radius 1 is 1.25 bits per heavy atom. The zero-order valence-corrected chi connectivity index (χ0v) is 13.5. The van der Waals surface area contributed by atoms with E-state index in [1.807, 2.05) is 10.9 Å². The van der Waals surface area contributed by atoms with Crippen LogP contribution in [0.15, 0.2) is 6.20 Å². The highest BCUT2D eigenvalue weighted by atomic mass is 16.5. The van der Waals surface area contributed by atoms with Crippen molar-refractivity contribution in [2.45, 2.75) is 53.5 Å². The lowest BCUT2D eigenvalue weighted by molar-refractivity contribution is 0.125. The van der Waals surface area contributed by atoms with Gasteiger partial charge in [-0.1, -0.05) is 32.9 Å².